The molecule has 208 valence electrons. The summed E-state index contributed by atoms with van der Waals surface area (Å²) in [5.41, 5.74) is 1.32. The number of unbranched alkanes of at least 4 members (excludes halogenated alkanes) is 18. The normalized spacial score (nSPS) is 11.1. The lowest BCUT2D eigenvalue weighted by Gasteiger charge is -2.15. The number of hydrogen-bond acceptors (Lipinski definition) is 4. The fourth-order valence-corrected chi connectivity index (χ4v) is 4.90. The second-order valence-electron chi connectivity index (χ2n) is 10.4. The predicted molar refractivity (Wildman–Crippen MR) is 152 cm³/mol. The molecule has 0 heterocycles. The fraction of sp³-hybridized carbons (Fsp3) is 0.781. The van der Waals surface area contributed by atoms with Gasteiger partial charge in [0.15, 0.2) is 11.5 Å². The third kappa shape index (κ3) is 14.8. The summed E-state index contributed by atoms with van der Waals surface area (Å²) in [4.78, 5) is 12.8. The van der Waals surface area contributed by atoms with Crippen LogP contribution in [-0.4, -0.2) is 24.8 Å². The van der Waals surface area contributed by atoms with Crippen molar-refractivity contribution in [2.45, 2.75) is 149 Å². The number of phenolic OH excluding ortho intramolecular Hbond substituents is 1. The number of rotatable bonds is 24. The molecule has 0 aromatic heterocycles. The average Bonchev–Trinajstić information content (AvgIpc) is 2.88. The molecule has 0 bridgehead atoms. The quantitative estimate of drug-likeness (QED) is 0.112. The Morgan fingerprint density at radius 2 is 1.11 bits per heavy atom. The first-order valence-electron chi connectivity index (χ1n) is 15.2. The molecule has 1 aromatic carbocycles. The van der Waals surface area contributed by atoms with Crippen LogP contribution in [0.4, 0.5) is 0 Å². The summed E-state index contributed by atoms with van der Waals surface area (Å²) in [5.74, 6) is 0.205. The number of esters is 1. The first-order chi connectivity index (χ1) is 17.7. The van der Waals surface area contributed by atoms with Crippen LogP contribution in [0.2, 0.25) is 0 Å². The van der Waals surface area contributed by atoms with Gasteiger partial charge >= 0.3 is 5.97 Å². The lowest BCUT2D eigenvalue weighted by molar-refractivity contribution is 0.0495. The third-order valence-corrected chi connectivity index (χ3v) is 7.18. The minimum Gasteiger partial charge on any atom is -0.504 e. The highest BCUT2D eigenvalue weighted by Crippen LogP contribution is 2.34. The molecular weight excluding hydrogens is 448 g/mol. The highest BCUT2D eigenvalue weighted by Gasteiger charge is 2.19. The molecule has 1 N–H and O–H groups in total. The van der Waals surface area contributed by atoms with Crippen molar-refractivity contribution >= 4 is 5.97 Å². The van der Waals surface area contributed by atoms with E-state index in [1.807, 2.05) is 0 Å². The SMILES string of the molecule is CCCCCCCCCCCCOC(=O)c1ccc(O)c(OC)c1CCCCCCCCCCCC. The zero-order valence-electron chi connectivity index (χ0n) is 23.9. The number of phenols is 1. The van der Waals surface area contributed by atoms with Gasteiger partial charge in [-0.2, -0.15) is 0 Å². The van der Waals surface area contributed by atoms with Crippen molar-refractivity contribution in [2.75, 3.05) is 13.7 Å². The number of methoxy groups -OCH3 is 1. The van der Waals surface area contributed by atoms with E-state index in [9.17, 15) is 9.90 Å². The van der Waals surface area contributed by atoms with Gasteiger partial charge in [0.2, 0.25) is 0 Å². The van der Waals surface area contributed by atoms with Crippen molar-refractivity contribution in [2.24, 2.45) is 0 Å². The molecule has 0 spiro atoms. The molecule has 0 atom stereocenters. The number of hydrogen-bond donors (Lipinski definition) is 1. The largest absolute Gasteiger partial charge is 0.504 e. The zero-order valence-corrected chi connectivity index (χ0v) is 23.9. The first-order valence-corrected chi connectivity index (χ1v) is 15.2. The number of carbonyl (C=O) groups excluding carboxylic acids is 1. The lowest BCUT2D eigenvalue weighted by Crippen LogP contribution is -2.11. The Morgan fingerprint density at radius 1 is 0.667 bits per heavy atom. The topological polar surface area (TPSA) is 55.8 Å². The van der Waals surface area contributed by atoms with Crippen molar-refractivity contribution in [1.82, 2.24) is 0 Å². The number of benzene rings is 1. The van der Waals surface area contributed by atoms with E-state index in [-0.39, 0.29) is 11.7 Å². The molecule has 0 unspecified atom stereocenters. The third-order valence-electron chi connectivity index (χ3n) is 7.18. The number of carbonyl (C=O) groups is 1. The van der Waals surface area contributed by atoms with E-state index in [1.54, 1.807) is 13.2 Å². The Labute approximate surface area is 222 Å². The van der Waals surface area contributed by atoms with Crippen LogP contribution in [0.25, 0.3) is 0 Å². The van der Waals surface area contributed by atoms with E-state index in [2.05, 4.69) is 13.8 Å². The molecule has 4 heteroatoms. The standard InChI is InChI=1S/C32H56O4/c1-4-6-8-10-12-14-16-18-20-22-24-28-29(25-26-30(33)31(28)35-3)32(34)36-27-23-21-19-17-15-13-11-9-7-5-2/h25-26,33H,4-24,27H2,1-3H3. The first kappa shape index (κ1) is 32.3. The monoisotopic (exact) mass is 504 g/mol. The van der Waals surface area contributed by atoms with E-state index in [1.165, 1.54) is 109 Å². The molecule has 1 aromatic rings. The van der Waals surface area contributed by atoms with Gasteiger partial charge in [-0.3, -0.25) is 0 Å². The van der Waals surface area contributed by atoms with Crippen molar-refractivity contribution in [3.8, 4) is 11.5 Å². The number of aromatic hydroxyl groups is 1. The van der Waals surface area contributed by atoms with Crippen LogP contribution in [-0.2, 0) is 11.2 Å². The maximum atomic E-state index is 12.8. The van der Waals surface area contributed by atoms with Gasteiger partial charge in [-0.15, -0.1) is 0 Å². The summed E-state index contributed by atoms with van der Waals surface area (Å²) < 4.78 is 11.1. The van der Waals surface area contributed by atoms with Crippen molar-refractivity contribution in [3.05, 3.63) is 23.3 Å². The van der Waals surface area contributed by atoms with Gasteiger partial charge in [0.1, 0.15) is 0 Å². The van der Waals surface area contributed by atoms with E-state index >= 15 is 0 Å². The molecule has 0 amide bonds. The average molecular weight is 505 g/mol. The van der Waals surface area contributed by atoms with E-state index < -0.39 is 0 Å². The summed E-state index contributed by atoms with van der Waals surface area (Å²) in [7, 11) is 1.55. The van der Waals surface area contributed by atoms with Gasteiger partial charge < -0.3 is 14.6 Å². The van der Waals surface area contributed by atoms with Crippen LogP contribution >= 0.6 is 0 Å². The molecule has 4 nitrogen and oxygen atoms in total. The van der Waals surface area contributed by atoms with Crippen LogP contribution < -0.4 is 4.74 Å². The second kappa shape index (κ2) is 22.5. The highest BCUT2D eigenvalue weighted by atomic mass is 16.5. The van der Waals surface area contributed by atoms with Crippen molar-refractivity contribution in [3.63, 3.8) is 0 Å². The van der Waals surface area contributed by atoms with Gasteiger partial charge in [-0.05, 0) is 31.4 Å². The van der Waals surface area contributed by atoms with Gasteiger partial charge in [0, 0.05) is 5.56 Å². The Balaban J connectivity index is 2.34. The molecule has 0 aliphatic rings. The molecule has 0 aliphatic heterocycles. The van der Waals surface area contributed by atoms with Crippen LogP contribution in [0.5, 0.6) is 11.5 Å². The zero-order chi connectivity index (χ0) is 26.3. The lowest BCUT2D eigenvalue weighted by atomic mass is 9.98. The predicted octanol–water partition coefficient (Wildman–Crippen LogP) is 9.94. The molecule has 0 saturated carbocycles. The van der Waals surface area contributed by atoms with Crippen LogP contribution in [0.15, 0.2) is 12.1 Å². The van der Waals surface area contributed by atoms with E-state index in [0.717, 1.165) is 37.7 Å². The molecule has 36 heavy (non-hydrogen) atoms. The molecule has 1 rings (SSSR count). The van der Waals surface area contributed by atoms with Crippen LogP contribution in [0.3, 0.4) is 0 Å². The van der Waals surface area contributed by atoms with E-state index in [0.29, 0.717) is 17.9 Å². The molecular formula is C32H56O4. The Bertz CT molecular complexity index is 670. The minimum absolute atomic E-state index is 0.0887. The van der Waals surface area contributed by atoms with Crippen LogP contribution in [0, 0.1) is 0 Å². The molecule has 0 aliphatic carbocycles. The summed E-state index contributed by atoms with van der Waals surface area (Å²) in [6.07, 6.45) is 25.9. The minimum atomic E-state index is -0.300. The Kier molecular flexibility index (Phi) is 20.2. The highest BCUT2D eigenvalue weighted by molar-refractivity contribution is 5.92. The Hall–Kier alpha value is -1.71. The van der Waals surface area contributed by atoms with Gasteiger partial charge in [0.25, 0.3) is 0 Å². The summed E-state index contributed by atoms with van der Waals surface area (Å²) in [6.45, 7) is 4.96. The van der Waals surface area contributed by atoms with Gasteiger partial charge in [-0.25, -0.2) is 4.79 Å². The number of ether oxygens (including phenoxy) is 2. The van der Waals surface area contributed by atoms with Crippen LogP contribution in [0.1, 0.15) is 158 Å². The van der Waals surface area contributed by atoms with E-state index in [4.69, 9.17) is 9.47 Å². The maximum Gasteiger partial charge on any atom is 0.338 e. The summed E-state index contributed by atoms with van der Waals surface area (Å²) in [6, 6.07) is 3.22. The van der Waals surface area contributed by atoms with Gasteiger partial charge in [-0.1, -0.05) is 129 Å². The fourth-order valence-electron chi connectivity index (χ4n) is 4.90. The summed E-state index contributed by atoms with van der Waals surface area (Å²) in [5, 5.41) is 10.3. The van der Waals surface area contributed by atoms with Crippen molar-refractivity contribution in [1.29, 1.82) is 0 Å². The molecule has 0 saturated heterocycles. The molecule has 0 radical (unpaired) electrons. The second-order valence-corrected chi connectivity index (χ2v) is 10.4. The maximum absolute atomic E-state index is 12.8. The summed E-state index contributed by atoms with van der Waals surface area (Å²) >= 11 is 0. The van der Waals surface area contributed by atoms with Gasteiger partial charge in [0.05, 0.1) is 19.3 Å². The smallest absolute Gasteiger partial charge is 0.338 e. The van der Waals surface area contributed by atoms with Crippen molar-refractivity contribution < 1.29 is 19.4 Å². The molecule has 0 fully saturated rings. The Morgan fingerprint density at radius 3 is 1.58 bits per heavy atom.